The van der Waals surface area contributed by atoms with Crippen molar-refractivity contribution in [2.24, 2.45) is 17.8 Å². The van der Waals surface area contributed by atoms with Gasteiger partial charge in [-0.2, -0.15) is 0 Å². The Morgan fingerprint density at radius 2 is 1.71 bits per heavy atom. The van der Waals surface area contributed by atoms with E-state index in [0.29, 0.717) is 24.3 Å². The maximum absolute atomic E-state index is 13.6. The predicted octanol–water partition coefficient (Wildman–Crippen LogP) is 3.73. The van der Waals surface area contributed by atoms with Gasteiger partial charge in [-0.15, -0.1) is 0 Å². The highest BCUT2D eigenvalue weighted by molar-refractivity contribution is 5.90. The predicted molar refractivity (Wildman–Crippen MR) is 126 cm³/mol. The zero-order valence-corrected chi connectivity index (χ0v) is 19.8. The highest BCUT2D eigenvalue weighted by Gasteiger charge is 2.39. The minimum atomic E-state index is -0.324. The molecule has 1 aromatic carbocycles. The lowest BCUT2D eigenvalue weighted by Crippen LogP contribution is -2.62. The van der Waals surface area contributed by atoms with Crippen molar-refractivity contribution in [2.75, 3.05) is 26.2 Å². The summed E-state index contributed by atoms with van der Waals surface area (Å²) in [6.45, 7) is 11.6. The number of benzene rings is 1. The number of amides is 2. The summed E-state index contributed by atoms with van der Waals surface area (Å²) in [5.74, 6) is 1.72. The van der Waals surface area contributed by atoms with E-state index in [2.05, 4.69) is 63.3 Å². The molecule has 2 atom stereocenters. The third-order valence-electron chi connectivity index (χ3n) is 6.68. The Kier molecular flexibility index (Phi) is 8.53. The average molecular weight is 428 g/mol. The zero-order valence-electron chi connectivity index (χ0n) is 19.8. The first-order valence-electron chi connectivity index (χ1n) is 12.2. The van der Waals surface area contributed by atoms with E-state index in [1.54, 1.807) is 0 Å². The van der Waals surface area contributed by atoms with E-state index in [1.165, 1.54) is 5.56 Å². The number of piperidine rings is 1. The molecule has 5 nitrogen and oxygen atoms in total. The van der Waals surface area contributed by atoms with Crippen molar-refractivity contribution in [3.05, 3.63) is 35.9 Å². The Morgan fingerprint density at radius 3 is 2.32 bits per heavy atom. The van der Waals surface area contributed by atoms with Gasteiger partial charge >= 0.3 is 0 Å². The summed E-state index contributed by atoms with van der Waals surface area (Å²) in [5.41, 5.74) is 1.38. The number of nitrogens with one attached hydrogen (secondary N) is 1. The molecule has 3 rings (SSSR count). The van der Waals surface area contributed by atoms with Crippen LogP contribution in [0.1, 0.15) is 58.9 Å². The van der Waals surface area contributed by atoms with Crippen LogP contribution in [-0.4, -0.2) is 59.9 Å². The van der Waals surface area contributed by atoms with Crippen LogP contribution in [0.5, 0.6) is 0 Å². The first kappa shape index (κ1) is 23.8. The fourth-order valence-electron chi connectivity index (χ4n) is 5.05. The Balaban J connectivity index is 1.63. The van der Waals surface area contributed by atoms with Crippen molar-refractivity contribution >= 4 is 11.8 Å². The van der Waals surface area contributed by atoms with E-state index in [0.717, 1.165) is 51.7 Å². The molecule has 2 aliphatic rings. The summed E-state index contributed by atoms with van der Waals surface area (Å²) in [5, 5.41) is 3.37. The first-order valence-corrected chi connectivity index (χ1v) is 12.2. The molecule has 2 fully saturated rings. The molecule has 1 aromatic rings. The van der Waals surface area contributed by atoms with Crippen LogP contribution in [0.3, 0.4) is 0 Å². The molecule has 2 aliphatic heterocycles. The molecule has 2 heterocycles. The van der Waals surface area contributed by atoms with Gasteiger partial charge in [0.25, 0.3) is 0 Å². The molecule has 31 heavy (non-hydrogen) atoms. The largest absolute Gasteiger partial charge is 0.341 e. The number of carbonyl (C=O) groups is 2. The van der Waals surface area contributed by atoms with E-state index < -0.39 is 0 Å². The highest BCUT2D eigenvalue weighted by Crippen LogP contribution is 2.25. The number of piperazine rings is 1. The van der Waals surface area contributed by atoms with Crippen LogP contribution in [0.4, 0.5) is 0 Å². The maximum Gasteiger partial charge on any atom is 0.245 e. The van der Waals surface area contributed by atoms with Gasteiger partial charge in [0.2, 0.25) is 11.8 Å². The molecule has 1 unspecified atom stereocenters. The number of rotatable bonds is 8. The molecule has 2 amide bonds. The van der Waals surface area contributed by atoms with Crippen molar-refractivity contribution in [1.82, 2.24) is 15.1 Å². The number of hydrogen-bond donors (Lipinski definition) is 1. The fraction of sp³-hybridized carbons (Fsp3) is 0.692. The van der Waals surface area contributed by atoms with E-state index in [9.17, 15) is 9.59 Å². The molecule has 0 saturated carbocycles. The van der Waals surface area contributed by atoms with Crippen LogP contribution < -0.4 is 5.32 Å². The topological polar surface area (TPSA) is 52.7 Å². The molecule has 0 radical (unpaired) electrons. The van der Waals surface area contributed by atoms with Crippen LogP contribution in [0, 0.1) is 17.8 Å². The molecular formula is C26H41N3O2. The van der Waals surface area contributed by atoms with Crippen molar-refractivity contribution in [2.45, 2.75) is 71.9 Å². The summed E-state index contributed by atoms with van der Waals surface area (Å²) in [6, 6.07) is 10.2. The number of nitrogens with zero attached hydrogens (tertiary/aromatic N) is 2. The lowest BCUT2D eigenvalue weighted by atomic mass is 9.89. The number of carbonyl (C=O) groups excluding carboxylic acids is 2. The SMILES string of the molecule is CC(C)CC(C(=O)N1CCC(Cc2ccccc2)CC1)N1CCN[C@@H](CC(C)C)C1=O. The van der Waals surface area contributed by atoms with Gasteiger partial charge in [0, 0.05) is 26.2 Å². The molecule has 0 aromatic heterocycles. The second kappa shape index (κ2) is 11.1. The quantitative estimate of drug-likeness (QED) is 0.688. The Bertz CT molecular complexity index is 711. The summed E-state index contributed by atoms with van der Waals surface area (Å²) in [6.07, 6.45) is 4.73. The Hall–Kier alpha value is -1.88. The first-order chi connectivity index (χ1) is 14.8. The molecule has 172 valence electrons. The molecule has 2 saturated heterocycles. The third-order valence-corrected chi connectivity index (χ3v) is 6.68. The second-order valence-electron chi connectivity index (χ2n) is 10.3. The summed E-state index contributed by atoms with van der Waals surface area (Å²) >= 11 is 0. The van der Waals surface area contributed by atoms with Crippen molar-refractivity contribution in [1.29, 1.82) is 0 Å². The minimum Gasteiger partial charge on any atom is -0.341 e. The van der Waals surface area contributed by atoms with Crippen LogP contribution in [0.25, 0.3) is 0 Å². The summed E-state index contributed by atoms with van der Waals surface area (Å²) < 4.78 is 0. The Morgan fingerprint density at radius 1 is 1.03 bits per heavy atom. The van der Waals surface area contributed by atoms with Gasteiger partial charge in [-0.25, -0.2) is 0 Å². The molecule has 5 heteroatoms. The second-order valence-corrected chi connectivity index (χ2v) is 10.3. The minimum absolute atomic E-state index is 0.109. The van der Waals surface area contributed by atoms with Gasteiger partial charge in [0.15, 0.2) is 0 Å². The van der Waals surface area contributed by atoms with E-state index in [-0.39, 0.29) is 23.9 Å². The van der Waals surface area contributed by atoms with Gasteiger partial charge in [-0.1, -0.05) is 58.0 Å². The van der Waals surface area contributed by atoms with E-state index >= 15 is 0 Å². The molecule has 0 aliphatic carbocycles. The van der Waals surface area contributed by atoms with Crippen LogP contribution in [-0.2, 0) is 16.0 Å². The lowest BCUT2D eigenvalue weighted by molar-refractivity contribution is -0.150. The van der Waals surface area contributed by atoms with Crippen LogP contribution in [0.15, 0.2) is 30.3 Å². The van der Waals surface area contributed by atoms with Gasteiger partial charge in [-0.3, -0.25) is 9.59 Å². The molecule has 0 bridgehead atoms. The van der Waals surface area contributed by atoms with Crippen molar-refractivity contribution in [3.63, 3.8) is 0 Å². The van der Waals surface area contributed by atoms with Gasteiger partial charge < -0.3 is 15.1 Å². The average Bonchev–Trinajstić information content (AvgIpc) is 2.74. The van der Waals surface area contributed by atoms with Crippen molar-refractivity contribution in [3.8, 4) is 0 Å². The number of hydrogen-bond acceptors (Lipinski definition) is 3. The maximum atomic E-state index is 13.6. The monoisotopic (exact) mass is 427 g/mol. The molecule has 0 spiro atoms. The summed E-state index contributed by atoms with van der Waals surface area (Å²) in [7, 11) is 0. The standard InChI is InChI=1S/C26H41N3O2/c1-19(2)16-23-25(30)29(15-12-27-23)24(17-20(3)4)26(31)28-13-10-22(11-14-28)18-21-8-6-5-7-9-21/h5-9,19-20,22-24,27H,10-18H2,1-4H3/t23-,24?/m0/s1. The third kappa shape index (κ3) is 6.55. The zero-order chi connectivity index (χ0) is 22.4. The smallest absolute Gasteiger partial charge is 0.245 e. The summed E-state index contributed by atoms with van der Waals surface area (Å²) in [4.78, 5) is 30.7. The van der Waals surface area contributed by atoms with Crippen LogP contribution in [0.2, 0.25) is 0 Å². The highest BCUT2D eigenvalue weighted by atomic mass is 16.2. The van der Waals surface area contributed by atoms with E-state index in [1.807, 2.05) is 9.80 Å². The Labute approximate surface area is 188 Å². The molecular weight excluding hydrogens is 386 g/mol. The lowest BCUT2D eigenvalue weighted by Gasteiger charge is -2.42. The van der Waals surface area contributed by atoms with Crippen molar-refractivity contribution < 1.29 is 9.59 Å². The van der Waals surface area contributed by atoms with Gasteiger partial charge in [0.1, 0.15) is 6.04 Å². The fourth-order valence-corrected chi connectivity index (χ4v) is 5.05. The van der Waals surface area contributed by atoms with E-state index in [4.69, 9.17) is 0 Å². The van der Waals surface area contributed by atoms with Gasteiger partial charge in [-0.05, 0) is 55.4 Å². The molecule has 1 N–H and O–H groups in total. The number of likely N-dealkylation sites (tertiary alicyclic amines) is 1. The van der Waals surface area contributed by atoms with Gasteiger partial charge in [0.05, 0.1) is 6.04 Å². The van der Waals surface area contributed by atoms with Crippen LogP contribution >= 0.6 is 0 Å². The normalized spacial score (nSPS) is 21.7.